The van der Waals surface area contributed by atoms with Crippen molar-refractivity contribution in [3.05, 3.63) is 30.1 Å². The summed E-state index contributed by atoms with van der Waals surface area (Å²) < 4.78 is 5.76. The highest BCUT2D eigenvalue weighted by molar-refractivity contribution is 5.23. The molecule has 2 heteroatoms. The van der Waals surface area contributed by atoms with Gasteiger partial charge >= 0.3 is 0 Å². The van der Waals surface area contributed by atoms with Crippen LogP contribution in [0, 0.1) is 34.5 Å². The van der Waals surface area contributed by atoms with Crippen LogP contribution >= 0.6 is 0 Å². The number of fused-ring (bicyclic) bond motifs is 5. The molecule has 0 spiro atoms. The van der Waals surface area contributed by atoms with Crippen molar-refractivity contribution in [2.24, 2.45) is 34.5 Å². The highest BCUT2D eigenvalue weighted by Crippen LogP contribution is 2.69. The molecule has 4 aliphatic carbocycles. The van der Waals surface area contributed by atoms with E-state index in [9.17, 15) is 0 Å². The first-order valence-electron chi connectivity index (χ1n) is 11.5. The molecule has 0 radical (unpaired) electrons. The van der Waals surface area contributed by atoms with Gasteiger partial charge in [0.15, 0.2) is 0 Å². The van der Waals surface area contributed by atoms with Gasteiger partial charge in [-0.25, -0.2) is 0 Å². The van der Waals surface area contributed by atoms with Gasteiger partial charge in [0.2, 0.25) is 0 Å². The number of aromatic nitrogens is 1. The van der Waals surface area contributed by atoms with Gasteiger partial charge in [-0.3, -0.25) is 4.98 Å². The van der Waals surface area contributed by atoms with Crippen molar-refractivity contribution >= 4 is 0 Å². The summed E-state index contributed by atoms with van der Waals surface area (Å²) >= 11 is 0. The van der Waals surface area contributed by atoms with Crippen molar-refractivity contribution in [2.75, 3.05) is 7.11 Å². The second-order valence-electron chi connectivity index (χ2n) is 10.7. The van der Waals surface area contributed by atoms with Crippen molar-refractivity contribution < 1.29 is 4.74 Å². The van der Waals surface area contributed by atoms with Crippen LogP contribution in [0.3, 0.4) is 0 Å². The van der Waals surface area contributed by atoms with Crippen molar-refractivity contribution in [3.8, 4) is 0 Å². The summed E-state index contributed by atoms with van der Waals surface area (Å²) in [6, 6.07) is 4.47. The minimum Gasteiger partial charge on any atom is -0.381 e. The van der Waals surface area contributed by atoms with Crippen molar-refractivity contribution in [1.29, 1.82) is 0 Å². The zero-order valence-corrected chi connectivity index (χ0v) is 17.5. The van der Waals surface area contributed by atoms with Crippen LogP contribution in [0.4, 0.5) is 0 Å². The summed E-state index contributed by atoms with van der Waals surface area (Å²) in [5, 5.41) is 0. The summed E-state index contributed by atoms with van der Waals surface area (Å²) in [6.45, 7) is 5.30. The highest BCUT2D eigenvalue weighted by Gasteiger charge is 2.60. The second-order valence-corrected chi connectivity index (χ2v) is 10.7. The maximum atomic E-state index is 5.76. The van der Waals surface area contributed by atoms with E-state index in [1.54, 1.807) is 0 Å². The quantitative estimate of drug-likeness (QED) is 0.619. The Bertz CT molecular complexity index is 674. The van der Waals surface area contributed by atoms with Crippen molar-refractivity contribution in [1.82, 2.24) is 4.98 Å². The Morgan fingerprint density at radius 3 is 2.56 bits per heavy atom. The average molecular weight is 368 g/mol. The Kier molecular flexibility index (Phi) is 4.42. The summed E-state index contributed by atoms with van der Waals surface area (Å²) in [4.78, 5) is 4.45. The Morgan fingerprint density at radius 2 is 1.78 bits per heavy atom. The Morgan fingerprint density at radius 1 is 0.963 bits per heavy atom. The van der Waals surface area contributed by atoms with Gasteiger partial charge in [-0.1, -0.05) is 19.9 Å². The fraction of sp³-hybridized carbons (Fsp3) is 0.800. The van der Waals surface area contributed by atoms with E-state index in [1.807, 2.05) is 13.3 Å². The fourth-order valence-electron chi connectivity index (χ4n) is 8.56. The summed E-state index contributed by atoms with van der Waals surface area (Å²) in [5.41, 5.74) is 2.57. The SMILES string of the molecule is CO[C@H]1CC[C@@]2(C)C(CC[C@H]3[C@@H]4CC[C@H](c5cccnc5)[C@@]4(C)CC[C@@H]32)C1. The molecule has 0 amide bonds. The molecular formula is C25H37NO. The lowest BCUT2D eigenvalue weighted by molar-refractivity contribution is -0.127. The maximum Gasteiger partial charge on any atom is 0.0574 e. The highest BCUT2D eigenvalue weighted by atomic mass is 16.5. The van der Waals surface area contributed by atoms with E-state index in [0.29, 0.717) is 16.9 Å². The van der Waals surface area contributed by atoms with E-state index in [4.69, 9.17) is 4.74 Å². The Hall–Kier alpha value is -0.890. The minimum atomic E-state index is 0.497. The van der Waals surface area contributed by atoms with Crippen LogP contribution in [0.25, 0.3) is 0 Å². The number of nitrogens with zero attached hydrogens (tertiary/aromatic N) is 1. The zero-order chi connectivity index (χ0) is 18.6. The molecule has 1 aromatic heterocycles. The summed E-state index contributed by atoms with van der Waals surface area (Å²) in [6.07, 6.45) is 17.2. The first-order valence-corrected chi connectivity index (χ1v) is 11.5. The van der Waals surface area contributed by atoms with Gasteiger partial charge in [-0.05, 0) is 110 Å². The summed E-state index contributed by atoms with van der Waals surface area (Å²) in [5.74, 6) is 4.48. The standard InChI is InChI=1S/C25H37NO/c1-24-12-10-19(27-3)15-18(24)6-7-20-22-9-8-21(17-5-4-14-26-16-17)25(22,2)13-11-23(20)24/h4-5,14,16,18-23H,6-13,15H2,1-3H3/t18?,19-,20-,21+,22-,23-,24-,25+/m0/s1. The van der Waals surface area contributed by atoms with Gasteiger partial charge in [0, 0.05) is 19.5 Å². The number of methoxy groups -OCH3 is 1. The molecule has 0 N–H and O–H groups in total. The number of hydrogen-bond donors (Lipinski definition) is 0. The third kappa shape index (κ3) is 2.65. The molecule has 27 heavy (non-hydrogen) atoms. The minimum absolute atomic E-state index is 0.497. The molecule has 1 aromatic rings. The van der Waals surface area contributed by atoms with E-state index in [1.165, 1.54) is 63.4 Å². The van der Waals surface area contributed by atoms with Crippen LogP contribution < -0.4 is 0 Å². The molecule has 0 aliphatic heterocycles. The topological polar surface area (TPSA) is 22.1 Å². The van der Waals surface area contributed by atoms with Crippen LogP contribution in [0.2, 0.25) is 0 Å². The smallest absolute Gasteiger partial charge is 0.0574 e. The van der Waals surface area contributed by atoms with E-state index in [-0.39, 0.29) is 0 Å². The molecule has 1 heterocycles. The van der Waals surface area contributed by atoms with Crippen LogP contribution in [0.1, 0.15) is 83.1 Å². The third-order valence-electron chi connectivity index (χ3n) is 10.0. The van der Waals surface area contributed by atoms with Crippen LogP contribution in [0.15, 0.2) is 24.5 Å². The number of pyridine rings is 1. The first-order chi connectivity index (χ1) is 13.1. The van der Waals surface area contributed by atoms with Gasteiger partial charge in [-0.2, -0.15) is 0 Å². The molecule has 1 unspecified atom stereocenters. The van der Waals surface area contributed by atoms with Gasteiger partial charge in [-0.15, -0.1) is 0 Å². The predicted octanol–water partition coefficient (Wildman–Crippen LogP) is 6.22. The molecule has 2 nitrogen and oxygen atoms in total. The van der Waals surface area contributed by atoms with Crippen LogP contribution in [0.5, 0.6) is 0 Å². The Labute approximate surface area is 165 Å². The second kappa shape index (κ2) is 6.58. The molecule has 0 saturated heterocycles. The molecule has 4 aliphatic rings. The molecule has 0 bridgehead atoms. The van der Waals surface area contributed by atoms with Crippen LogP contribution in [-0.2, 0) is 4.74 Å². The lowest BCUT2D eigenvalue weighted by Crippen LogP contribution is -2.53. The summed E-state index contributed by atoms with van der Waals surface area (Å²) in [7, 11) is 1.92. The third-order valence-corrected chi connectivity index (χ3v) is 10.0. The zero-order valence-electron chi connectivity index (χ0n) is 17.5. The number of hydrogen-bond acceptors (Lipinski definition) is 2. The van der Waals surface area contributed by atoms with Gasteiger partial charge in [0.25, 0.3) is 0 Å². The molecule has 148 valence electrons. The first kappa shape index (κ1) is 18.2. The lowest BCUT2D eigenvalue weighted by Gasteiger charge is -2.61. The van der Waals surface area contributed by atoms with Gasteiger partial charge in [0.05, 0.1) is 6.10 Å². The predicted molar refractivity (Wildman–Crippen MR) is 110 cm³/mol. The van der Waals surface area contributed by atoms with E-state index >= 15 is 0 Å². The molecular weight excluding hydrogens is 330 g/mol. The fourth-order valence-corrected chi connectivity index (χ4v) is 8.56. The van der Waals surface area contributed by atoms with E-state index in [2.05, 4.69) is 37.2 Å². The average Bonchev–Trinajstić information content (AvgIpc) is 3.05. The largest absolute Gasteiger partial charge is 0.381 e. The van der Waals surface area contributed by atoms with Gasteiger partial charge < -0.3 is 4.74 Å². The number of rotatable bonds is 2. The molecule has 5 rings (SSSR count). The molecule has 4 saturated carbocycles. The maximum absolute atomic E-state index is 5.76. The van der Waals surface area contributed by atoms with Crippen molar-refractivity contribution in [3.63, 3.8) is 0 Å². The lowest BCUT2D eigenvalue weighted by atomic mass is 9.44. The van der Waals surface area contributed by atoms with E-state index in [0.717, 1.165) is 29.6 Å². The molecule has 8 atom stereocenters. The van der Waals surface area contributed by atoms with E-state index < -0.39 is 0 Å². The van der Waals surface area contributed by atoms with Crippen LogP contribution in [-0.4, -0.2) is 18.2 Å². The monoisotopic (exact) mass is 367 g/mol. The normalized spacial score (nSPS) is 49.1. The Balaban J connectivity index is 1.41. The molecule has 0 aromatic carbocycles. The van der Waals surface area contributed by atoms with Gasteiger partial charge in [0.1, 0.15) is 0 Å². The number of ether oxygens (including phenoxy) is 1. The van der Waals surface area contributed by atoms with Crippen molar-refractivity contribution in [2.45, 2.75) is 83.7 Å². The molecule has 4 fully saturated rings.